The monoisotopic (exact) mass is 1130 g/mol. The normalized spacial score (nSPS) is 16.9. The van der Waals surface area contributed by atoms with Crippen molar-refractivity contribution >= 4 is 35.6 Å². The fourth-order valence-corrected chi connectivity index (χ4v) is 6.93. The SMILES string of the molecule is CC(C)CCC(=O)CNC(=O)CC(C)C.CC(C)CCN(C)C(=O)CC(=O)N(C)C(C)C.CC(C)CN(C)C(=O)N(C)CC(C)C.CC(C)COC(=O)N(C)CC(C)C.CC(C)CO[C@H]1OC(CO)[C@@H](OCC(C)C)[C@@H](O)C1O. The zero-order chi connectivity index (χ0) is 62.4. The van der Waals surface area contributed by atoms with Crippen LogP contribution in [0.2, 0.25) is 0 Å². The topological polar surface area (TPSA) is 228 Å². The van der Waals surface area contributed by atoms with Crippen LogP contribution in [0.5, 0.6) is 0 Å². The van der Waals surface area contributed by atoms with E-state index in [-0.39, 0.29) is 73.1 Å². The summed E-state index contributed by atoms with van der Waals surface area (Å²) in [5.74, 6) is 3.85. The Hall–Kier alpha value is -3.62. The molecule has 1 fully saturated rings. The Kier molecular flexibility index (Phi) is 47.6. The summed E-state index contributed by atoms with van der Waals surface area (Å²) in [6.07, 6.45) is -2.03. The van der Waals surface area contributed by atoms with E-state index in [1.807, 2.05) is 83.3 Å². The number of rotatable bonds is 28. The Morgan fingerprint density at radius 3 is 1.39 bits per heavy atom. The number of carbonyl (C=O) groups excluding carboxylic acids is 6. The van der Waals surface area contributed by atoms with Gasteiger partial charge in [0.05, 0.1) is 26.4 Å². The van der Waals surface area contributed by atoms with Gasteiger partial charge >= 0.3 is 12.1 Å². The second kappa shape index (κ2) is 45.9. The third-order valence-electron chi connectivity index (χ3n) is 11.5. The molecule has 0 saturated carbocycles. The molecular formula is C60H122N6O13. The molecular weight excluding hydrogens is 1010 g/mol. The Morgan fingerprint density at radius 2 is 0.987 bits per heavy atom. The Labute approximate surface area is 481 Å². The quantitative estimate of drug-likeness (QED) is 0.0539. The van der Waals surface area contributed by atoms with Gasteiger partial charge in [-0.15, -0.1) is 0 Å². The number of nitrogens with one attached hydrogen (secondary N) is 1. The first-order valence-electron chi connectivity index (χ1n) is 29.3. The molecule has 0 bridgehead atoms. The number of amides is 6. The Balaban J connectivity index is -0.000000449. The minimum absolute atomic E-state index is 0.0245. The molecule has 0 aliphatic carbocycles. The number of nitrogens with zero attached hydrogens (tertiary/aromatic N) is 5. The van der Waals surface area contributed by atoms with E-state index in [0.29, 0.717) is 74.1 Å². The molecule has 0 spiro atoms. The van der Waals surface area contributed by atoms with Gasteiger partial charge in [0, 0.05) is 86.9 Å². The first kappa shape index (κ1) is 81.8. The maximum absolute atomic E-state index is 11.8. The number of ketones is 1. The number of Topliss-reactive ketones (excluding diaryl/α,β-unsaturated/α-hetero) is 1. The fourth-order valence-electron chi connectivity index (χ4n) is 6.93. The van der Waals surface area contributed by atoms with Crippen molar-refractivity contribution in [3.8, 4) is 0 Å². The largest absolute Gasteiger partial charge is 0.449 e. The number of urea groups is 1. The molecule has 1 saturated heterocycles. The van der Waals surface area contributed by atoms with E-state index in [4.69, 9.17) is 18.9 Å². The van der Waals surface area contributed by atoms with Gasteiger partial charge in [-0.25, -0.2) is 9.59 Å². The second-order valence-electron chi connectivity index (χ2n) is 25.3. The van der Waals surface area contributed by atoms with Crippen LogP contribution in [0.25, 0.3) is 0 Å². The van der Waals surface area contributed by atoms with E-state index in [2.05, 4.69) is 74.6 Å². The molecule has 0 aromatic rings. The molecule has 1 aliphatic rings. The second-order valence-corrected chi connectivity index (χ2v) is 25.3. The smallest absolute Gasteiger partial charge is 0.409 e. The minimum atomic E-state index is -1.19. The van der Waals surface area contributed by atoms with Crippen LogP contribution in [0.4, 0.5) is 9.59 Å². The van der Waals surface area contributed by atoms with Crippen LogP contribution >= 0.6 is 0 Å². The van der Waals surface area contributed by atoms with Crippen LogP contribution in [0.15, 0.2) is 0 Å². The molecule has 19 nitrogen and oxygen atoms in total. The molecule has 470 valence electrons. The lowest BCUT2D eigenvalue weighted by Gasteiger charge is -2.42. The average Bonchev–Trinajstić information content (AvgIpc) is 3.32. The van der Waals surface area contributed by atoms with Crippen LogP contribution in [0.1, 0.15) is 171 Å². The van der Waals surface area contributed by atoms with Gasteiger partial charge in [0.1, 0.15) is 30.8 Å². The third-order valence-corrected chi connectivity index (χ3v) is 11.5. The molecule has 4 N–H and O–H groups in total. The van der Waals surface area contributed by atoms with Crippen molar-refractivity contribution in [2.24, 2.45) is 53.3 Å². The highest BCUT2D eigenvalue weighted by Gasteiger charge is 2.45. The highest BCUT2D eigenvalue weighted by atomic mass is 16.7. The number of carbonyl (C=O) groups is 6. The third kappa shape index (κ3) is 45.7. The molecule has 0 aromatic carbocycles. The zero-order valence-electron chi connectivity index (χ0n) is 54.7. The van der Waals surface area contributed by atoms with E-state index < -0.39 is 30.7 Å². The van der Waals surface area contributed by atoms with Gasteiger partial charge in [-0.05, 0) is 80.0 Å². The highest BCUT2D eigenvalue weighted by Crippen LogP contribution is 2.25. The van der Waals surface area contributed by atoms with Crippen LogP contribution < -0.4 is 5.32 Å². The van der Waals surface area contributed by atoms with Gasteiger partial charge in [0.25, 0.3) is 0 Å². The Morgan fingerprint density at radius 1 is 0.532 bits per heavy atom. The van der Waals surface area contributed by atoms with Crippen LogP contribution in [-0.2, 0) is 38.1 Å². The van der Waals surface area contributed by atoms with Crippen LogP contribution in [0.3, 0.4) is 0 Å². The number of aliphatic hydroxyl groups is 3. The number of hydrogen-bond acceptors (Lipinski definition) is 13. The molecule has 79 heavy (non-hydrogen) atoms. The summed E-state index contributed by atoms with van der Waals surface area (Å²) in [5, 5.41) is 32.2. The molecule has 6 amide bonds. The standard InChI is InChI=1S/C14H28O6.C13H26N2O2.C12H23NO2.C11H24N2O.C10H21NO2/c1-8(2)6-18-13-10(5-15)20-14(12(17)11(13)16)19-7-9(3)4;1-10(2)7-8-14(5)12(16)9-13(17)15(6)11(3)4;1-9(2)5-6-11(14)8-13-12(15)7-10(3)4;1-9(2)7-12(5)11(14)13(6)8-10(3)4;1-8(2)6-11(5)10(12)13-7-9(3)4/h8-17H,5-7H2,1-4H3;10-11H,7-9H2,1-6H3;9-10H,5-8H2,1-4H3,(H,13,15);9-10H,7-8H2,1-6H3;8-9H,6-7H2,1-5H3/t10?,11-,12?,13+,14-;;;;/m0..../s1. The summed E-state index contributed by atoms with van der Waals surface area (Å²) in [6, 6.07) is 0.253. The van der Waals surface area contributed by atoms with E-state index >= 15 is 0 Å². The lowest BCUT2D eigenvalue weighted by molar-refractivity contribution is -0.309. The summed E-state index contributed by atoms with van der Waals surface area (Å²) >= 11 is 0. The van der Waals surface area contributed by atoms with Gasteiger partial charge in [-0.2, -0.15) is 0 Å². The van der Waals surface area contributed by atoms with Crippen molar-refractivity contribution in [3.63, 3.8) is 0 Å². The Bertz CT molecular complexity index is 1590. The fraction of sp³-hybridized carbons (Fsp3) is 0.900. The van der Waals surface area contributed by atoms with Gasteiger partial charge in [-0.1, -0.05) is 125 Å². The van der Waals surface area contributed by atoms with Gasteiger partial charge in [0.2, 0.25) is 17.7 Å². The van der Waals surface area contributed by atoms with Crippen molar-refractivity contribution < 1.29 is 63.0 Å². The summed E-state index contributed by atoms with van der Waals surface area (Å²) in [5.41, 5.74) is 0. The number of aliphatic hydroxyl groups excluding tert-OH is 3. The summed E-state index contributed by atoms with van der Waals surface area (Å²) < 4.78 is 21.5. The van der Waals surface area contributed by atoms with Crippen molar-refractivity contribution in [2.45, 2.75) is 207 Å². The minimum Gasteiger partial charge on any atom is -0.449 e. The van der Waals surface area contributed by atoms with Crippen LogP contribution in [-0.4, -0.2) is 207 Å². The van der Waals surface area contributed by atoms with Gasteiger partial charge in [0.15, 0.2) is 12.1 Å². The molecule has 5 atom stereocenters. The molecule has 1 aliphatic heterocycles. The highest BCUT2D eigenvalue weighted by molar-refractivity contribution is 5.96. The molecule has 19 heteroatoms. The van der Waals surface area contributed by atoms with Crippen molar-refractivity contribution in [2.75, 3.05) is 94.4 Å². The van der Waals surface area contributed by atoms with E-state index in [0.717, 1.165) is 39.0 Å². The van der Waals surface area contributed by atoms with Crippen molar-refractivity contribution in [1.29, 1.82) is 0 Å². The zero-order valence-corrected chi connectivity index (χ0v) is 54.7. The maximum atomic E-state index is 11.8. The van der Waals surface area contributed by atoms with E-state index in [9.17, 15) is 44.1 Å². The van der Waals surface area contributed by atoms with Gasteiger partial charge < -0.3 is 64.1 Å². The molecule has 1 heterocycles. The lowest BCUT2D eigenvalue weighted by atomic mass is 9.99. The van der Waals surface area contributed by atoms with Crippen molar-refractivity contribution in [1.82, 2.24) is 29.8 Å². The van der Waals surface area contributed by atoms with Crippen molar-refractivity contribution in [3.05, 3.63) is 0 Å². The first-order valence-corrected chi connectivity index (χ1v) is 29.3. The van der Waals surface area contributed by atoms with E-state index in [1.165, 1.54) is 0 Å². The summed E-state index contributed by atoms with van der Waals surface area (Å²) in [6.45, 7) is 45.2. The summed E-state index contributed by atoms with van der Waals surface area (Å²) in [7, 11) is 8.97. The lowest BCUT2D eigenvalue weighted by Crippen LogP contribution is -2.60. The van der Waals surface area contributed by atoms with E-state index in [1.54, 1.807) is 45.6 Å². The molecule has 0 aromatic heterocycles. The molecule has 1 rings (SSSR count). The average molecular weight is 1140 g/mol. The number of hydrogen-bond donors (Lipinski definition) is 4. The predicted molar refractivity (Wildman–Crippen MR) is 318 cm³/mol. The maximum Gasteiger partial charge on any atom is 0.409 e. The van der Waals surface area contributed by atoms with Crippen LogP contribution in [0, 0.1) is 53.3 Å². The first-order chi connectivity index (χ1) is 36.3. The summed E-state index contributed by atoms with van der Waals surface area (Å²) in [4.78, 5) is 77.5. The predicted octanol–water partition coefficient (Wildman–Crippen LogP) is 8.69. The van der Waals surface area contributed by atoms with Gasteiger partial charge in [-0.3, -0.25) is 19.2 Å². The molecule has 0 radical (unpaired) electrons. The molecule has 2 unspecified atom stereocenters. The number of ether oxygens (including phenoxy) is 4.